The van der Waals surface area contributed by atoms with Crippen LogP contribution in [0.2, 0.25) is 0 Å². The number of aliphatic hydroxyl groups excluding tert-OH is 1. The van der Waals surface area contributed by atoms with Gasteiger partial charge in [-0.3, -0.25) is 9.59 Å². The summed E-state index contributed by atoms with van der Waals surface area (Å²) in [6.45, 7) is 1.32. The maximum atomic E-state index is 13.6. The zero-order valence-electron chi connectivity index (χ0n) is 20.1. The first-order valence-corrected chi connectivity index (χ1v) is 11.9. The van der Waals surface area contributed by atoms with Crippen molar-refractivity contribution in [3.05, 3.63) is 110 Å². The summed E-state index contributed by atoms with van der Waals surface area (Å²) < 4.78 is 0. The van der Waals surface area contributed by atoms with E-state index in [1.165, 1.54) is 24.3 Å². The minimum Gasteiger partial charge on any atom is -0.508 e. The van der Waals surface area contributed by atoms with Crippen LogP contribution >= 0.6 is 0 Å². The monoisotopic (exact) mass is 510 g/mol. The molecule has 6 rings (SSSR count). The molecule has 38 heavy (non-hydrogen) atoms. The number of phenolic OH excluding ortho intramolecular Hbond substituents is 5. The Bertz CT molecular complexity index is 1660. The Morgan fingerprint density at radius 2 is 1.13 bits per heavy atom. The first-order chi connectivity index (χ1) is 18.1. The fourth-order valence-corrected chi connectivity index (χ4v) is 6.07. The van der Waals surface area contributed by atoms with Crippen molar-refractivity contribution in [1.29, 1.82) is 0 Å². The molecule has 0 spiro atoms. The number of carbonyl (C=O) groups is 2. The third kappa shape index (κ3) is 3.13. The third-order valence-corrected chi connectivity index (χ3v) is 7.47. The van der Waals surface area contributed by atoms with E-state index in [1.807, 2.05) is 0 Å². The quantitative estimate of drug-likeness (QED) is 0.236. The molecule has 2 unspecified atom stereocenters. The van der Waals surface area contributed by atoms with Gasteiger partial charge in [-0.15, -0.1) is 0 Å². The lowest BCUT2D eigenvalue weighted by Gasteiger charge is -2.38. The summed E-state index contributed by atoms with van der Waals surface area (Å²) in [7, 11) is 0. The van der Waals surface area contributed by atoms with Gasteiger partial charge in [0.15, 0.2) is 0 Å². The van der Waals surface area contributed by atoms with Crippen LogP contribution < -0.4 is 0 Å². The number of rotatable bonds is 2. The Hall–Kier alpha value is -4.82. The van der Waals surface area contributed by atoms with Gasteiger partial charge in [0, 0.05) is 17.9 Å². The minimum absolute atomic E-state index is 0.0294. The van der Waals surface area contributed by atoms with Gasteiger partial charge in [0.05, 0.1) is 28.9 Å². The molecule has 4 aromatic carbocycles. The lowest BCUT2D eigenvalue weighted by molar-refractivity contribution is 0.101. The number of hydrogen-bond donors (Lipinski definition) is 6. The van der Waals surface area contributed by atoms with E-state index in [9.17, 15) is 40.2 Å². The molecule has 2 atom stereocenters. The summed E-state index contributed by atoms with van der Waals surface area (Å²) >= 11 is 0. The molecule has 0 fully saturated rings. The van der Waals surface area contributed by atoms with E-state index in [0.717, 1.165) is 6.07 Å². The molecule has 8 nitrogen and oxygen atoms in total. The average molecular weight is 510 g/mol. The summed E-state index contributed by atoms with van der Waals surface area (Å²) in [5.41, 5.74) is 2.09. The highest BCUT2D eigenvalue weighted by Gasteiger charge is 2.45. The number of hydrogen-bond acceptors (Lipinski definition) is 8. The maximum absolute atomic E-state index is 13.6. The van der Waals surface area contributed by atoms with Crippen LogP contribution in [0.1, 0.15) is 77.1 Å². The topological polar surface area (TPSA) is 156 Å². The Kier molecular flexibility index (Phi) is 5.02. The van der Waals surface area contributed by atoms with Crippen molar-refractivity contribution < 1.29 is 40.2 Å². The van der Waals surface area contributed by atoms with Gasteiger partial charge in [-0.05, 0) is 64.6 Å². The van der Waals surface area contributed by atoms with Crippen molar-refractivity contribution in [2.24, 2.45) is 0 Å². The van der Waals surface area contributed by atoms with Gasteiger partial charge in [0.2, 0.25) is 11.6 Å². The van der Waals surface area contributed by atoms with E-state index in [2.05, 4.69) is 0 Å². The zero-order valence-corrected chi connectivity index (χ0v) is 20.1. The minimum atomic E-state index is -0.859. The third-order valence-electron chi connectivity index (χ3n) is 7.47. The van der Waals surface area contributed by atoms with Gasteiger partial charge in [-0.2, -0.15) is 0 Å². The predicted octanol–water partition coefficient (Wildman–Crippen LogP) is 4.07. The second kappa shape index (κ2) is 8.09. The first-order valence-electron chi connectivity index (χ1n) is 11.9. The zero-order chi connectivity index (χ0) is 27.0. The Morgan fingerprint density at radius 1 is 0.605 bits per heavy atom. The number of ketones is 2. The number of aromatic hydroxyl groups is 5. The van der Waals surface area contributed by atoms with E-state index >= 15 is 0 Å². The lowest BCUT2D eigenvalue weighted by atomic mass is 9.63. The molecule has 8 heteroatoms. The largest absolute Gasteiger partial charge is 0.508 e. The van der Waals surface area contributed by atoms with E-state index in [-0.39, 0.29) is 50.8 Å². The molecule has 2 aliphatic rings. The SMILES string of the molecule is Cc1cc(O)c2c(c1)C(C1c3cccc(O)c3C(=O)c3c(O)cc(CO)cc31)c1cc(O)cc(O)c1C2=O. The smallest absolute Gasteiger partial charge is 0.201 e. The molecule has 0 saturated carbocycles. The van der Waals surface area contributed by atoms with Crippen LogP contribution in [-0.2, 0) is 6.61 Å². The highest BCUT2D eigenvalue weighted by atomic mass is 16.3. The van der Waals surface area contributed by atoms with Gasteiger partial charge < -0.3 is 30.6 Å². The van der Waals surface area contributed by atoms with Gasteiger partial charge in [0.25, 0.3) is 0 Å². The van der Waals surface area contributed by atoms with Crippen molar-refractivity contribution in [1.82, 2.24) is 0 Å². The Balaban J connectivity index is 1.79. The van der Waals surface area contributed by atoms with Gasteiger partial charge in [-0.25, -0.2) is 0 Å². The molecular weight excluding hydrogens is 488 g/mol. The van der Waals surface area contributed by atoms with E-state index in [0.29, 0.717) is 27.8 Å². The lowest BCUT2D eigenvalue weighted by Crippen LogP contribution is -2.29. The standard InChI is InChI=1S/C30H22O8/c1-12-5-16-24(18-9-14(32)10-22(36)28(18)30(38)26(16)20(34)6-12)23-15-3-2-4-19(33)25(15)29(37)27-17(23)7-13(11-31)8-21(27)35/h2-10,23-24,31-36H,11H2,1H3. The number of fused-ring (bicyclic) bond motifs is 4. The van der Waals surface area contributed by atoms with Crippen molar-refractivity contribution in [3.63, 3.8) is 0 Å². The maximum Gasteiger partial charge on any atom is 0.201 e. The Labute approximate surface area is 216 Å². The van der Waals surface area contributed by atoms with E-state index in [4.69, 9.17) is 0 Å². The predicted molar refractivity (Wildman–Crippen MR) is 135 cm³/mol. The fourth-order valence-electron chi connectivity index (χ4n) is 6.07. The molecule has 0 saturated heterocycles. The second-order valence-corrected chi connectivity index (χ2v) is 9.77. The molecule has 0 amide bonds. The van der Waals surface area contributed by atoms with Crippen molar-refractivity contribution in [3.8, 4) is 28.7 Å². The summed E-state index contributed by atoms with van der Waals surface area (Å²) in [6, 6.07) is 13.0. The molecule has 190 valence electrons. The summed E-state index contributed by atoms with van der Waals surface area (Å²) in [5, 5.41) is 63.6. The van der Waals surface area contributed by atoms with Crippen LogP contribution in [0.4, 0.5) is 0 Å². The van der Waals surface area contributed by atoms with Crippen LogP contribution in [0, 0.1) is 6.92 Å². The van der Waals surface area contributed by atoms with Crippen LogP contribution in [0.5, 0.6) is 28.7 Å². The summed E-state index contributed by atoms with van der Waals surface area (Å²) in [4.78, 5) is 27.2. The number of phenols is 5. The molecule has 0 radical (unpaired) electrons. The van der Waals surface area contributed by atoms with Crippen molar-refractivity contribution >= 4 is 11.6 Å². The normalized spacial score (nSPS) is 17.4. The van der Waals surface area contributed by atoms with E-state index < -0.39 is 35.8 Å². The van der Waals surface area contributed by atoms with Crippen molar-refractivity contribution in [2.75, 3.05) is 0 Å². The summed E-state index contributed by atoms with van der Waals surface area (Å²) in [5.74, 6) is -4.67. The highest BCUT2D eigenvalue weighted by Crippen LogP contribution is 2.56. The van der Waals surface area contributed by atoms with Crippen molar-refractivity contribution in [2.45, 2.75) is 25.4 Å². The molecule has 2 aliphatic carbocycles. The van der Waals surface area contributed by atoms with Crippen LogP contribution in [0.15, 0.2) is 54.6 Å². The van der Waals surface area contributed by atoms with Gasteiger partial charge in [-0.1, -0.05) is 24.3 Å². The second-order valence-electron chi connectivity index (χ2n) is 9.77. The van der Waals surface area contributed by atoms with Crippen LogP contribution in [0.25, 0.3) is 0 Å². The van der Waals surface area contributed by atoms with E-state index in [1.54, 1.807) is 31.2 Å². The Morgan fingerprint density at radius 3 is 1.79 bits per heavy atom. The van der Waals surface area contributed by atoms with Crippen LogP contribution in [0.3, 0.4) is 0 Å². The average Bonchev–Trinajstić information content (AvgIpc) is 2.84. The number of benzene rings is 4. The molecule has 0 aliphatic heterocycles. The van der Waals surface area contributed by atoms with Gasteiger partial charge in [0.1, 0.15) is 28.7 Å². The number of aliphatic hydroxyl groups is 1. The number of carbonyl (C=O) groups excluding carboxylic acids is 2. The molecule has 0 bridgehead atoms. The summed E-state index contributed by atoms with van der Waals surface area (Å²) in [6.07, 6.45) is 0. The molecule has 0 aromatic heterocycles. The molecule has 4 aromatic rings. The first kappa shape index (κ1) is 23.6. The molecular formula is C30H22O8. The fraction of sp³-hybridized carbons (Fsp3) is 0.133. The van der Waals surface area contributed by atoms with Gasteiger partial charge >= 0.3 is 0 Å². The highest BCUT2D eigenvalue weighted by molar-refractivity contribution is 6.18. The van der Waals surface area contributed by atoms with Crippen LogP contribution in [-0.4, -0.2) is 42.2 Å². The molecule has 6 N–H and O–H groups in total. The molecule has 0 heterocycles. The number of aryl methyl sites for hydroxylation is 1.